The van der Waals surface area contributed by atoms with Crippen LogP contribution < -0.4 is 10.6 Å². The Kier molecular flexibility index (Phi) is 3.16. The van der Waals surface area contributed by atoms with Crippen molar-refractivity contribution in [1.82, 2.24) is 10.6 Å². The van der Waals surface area contributed by atoms with Gasteiger partial charge < -0.3 is 15.4 Å². The predicted molar refractivity (Wildman–Crippen MR) is 41.4 cm³/mol. The van der Waals surface area contributed by atoms with Gasteiger partial charge in [-0.2, -0.15) is 0 Å². The summed E-state index contributed by atoms with van der Waals surface area (Å²) in [6.07, 6.45) is 1.78. The van der Waals surface area contributed by atoms with E-state index in [0.717, 1.165) is 25.9 Å². The van der Waals surface area contributed by atoms with Gasteiger partial charge in [-0.1, -0.05) is 0 Å². The highest BCUT2D eigenvalue weighted by molar-refractivity contribution is 5.66. The van der Waals surface area contributed by atoms with E-state index in [-0.39, 0.29) is 12.2 Å². The Hall–Kier alpha value is -0.770. The summed E-state index contributed by atoms with van der Waals surface area (Å²) in [6.45, 7) is 1.82. The van der Waals surface area contributed by atoms with Gasteiger partial charge >= 0.3 is 6.09 Å². The standard InChI is InChI=1S/C7H14N2O2/c1-8-7(10)11-6-3-2-4-9-5-6/h6,9H,2-5H2,1H3,(H,8,10)/t6-/m0/s1. The maximum Gasteiger partial charge on any atom is 0.407 e. The third-order valence-corrected chi connectivity index (χ3v) is 1.73. The fraction of sp³-hybridized carbons (Fsp3) is 0.857. The second kappa shape index (κ2) is 4.18. The molecule has 0 radical (unpaired) electrons. The van der Waals surface area contributed by atoms with Crippen LogP contribution in [0.5, 0.6) is 0 Å². The van der Waals surface area contributed by atoms with Crippen LogP contribution in [0, 0.1) is 0 Å². The Balaban J connectivity index is 2.19. The molecule has 0 bridgehead atoms. The van der Waals surface area contributed by atoms with Gasteiger partial charge in [0.1, 0.15) is 6.10 Å². The molecule has 4 nitrogen and oxygen atoms in total. The zero-order chi connectivity index (χ0) is 8.10. The van der Waals surface area contributed by atoms with Crippen LogP contribution in [-0.2, 0) is 4.74 Å². The predicted octanol–water partition coefficient (Wildman–Crippen LogP) is 0.0944. The van der Waals surface area contributed by atoms with Crippen LogP contribution in [0.1, 0.15) is 12.8 Å². The highest BCUT2D eigenvalue weighted by Gasteiger charge is 2.15. The van der Waals surface area contributed by atoms with Crippen molar-refractivity contribution in [1.29, 1.82) is 0 Å². The molecule has 0 unspecified atom stereocenters. The van der Waals surface area contributed by atoms with Crippen molar-refractivity contribution in [2.24, 2.45) is 0 Å². The molecule has 2 N–H and O–H groups in total. The van der Waals surface area contributed by atoms with Crippen molar-refractivity contribution < 1.29 is 9.53 Å². The van der Waals surface area contributed by atoms with Crippen LogP contribution in [0.4, 0.5) is 4.79 Å². The van der Waals surface area contributed by atoms with Crippen LogP contribution in [0.15, 0.2) is 0 Å². The lowest BCUT2D eigenvalue weighted by Crippen LogP contribution is -2.38. The number of hydrogen-bond donors (Lipinski definition) is 2. The van der Waals surface area contributed by atoms with E-state index in [9.17, 15) is 4.79 Å². The summed E-state index contributed by atoms with van der Waals surface area (Å²) in [6, 6.07) is 0. The van der Waals surface area contributed by atoms with Gasteiger partial charge in [-0.25, -0.2) is 4.79 Å². The summed E-state index contributed by atoms with van der Waals surface area (Å²) in [5.74, 6) is 0. The Morgan fingerprint density at radius 2 is 2.55 bits per heavy atom. The van der Waals surface area contributed by atoms with Crippen LogP contribution in [0.2, 0.25) is 0 Å². The number of ether oxygens (including phenoxy) is 1. The molecule has 1 amide bonds. The second-order valence-corrected chi connectivity index (χ2v) is 2.62. The SMILES string of the molecule is CNC(=O)O[C@H]1CCCNC1. The van der Waals surface area contributed by atoms with E-state index in [1.807, 2.05) is 0 Å². The number of alkyl carbamates (subject to hydrolysis) is 1. The lowest BCUT2D eigenvalue weighted by molar-refractivity contribution is 0.0842. The first-order valence-electron chi connectivity index (χ1n) is 3.92. The van der Waals surface area contributed by atoms with E-state index < -0.39 is 0 Å². The summed E-state index contributed by atoms with van der Waals surface area (Å²) < 4.78 is 5.03. The third kappa shape index (κ3) is 2.76. The number of carbonyl (C=O) groups excluding carboxylic acids is 1. The maximum atomic E-state index is 10.7. The fourth-order valence-corrected chi connectivity index (χ4v) is 1.13. The molecule has 0 aliphatic carbocycles. The minimum Gasteiger partial charge on any atom is -0.445 e. The molecule has 1 rings (SSSR count). The number of amides is 1. The minimum absolute atomic E-state index is 0.0590. The number of carbonyl (C=O) groups is 1. The Morgan fingerprint density at radius 1 is 1.73 bits per heavy atom. The second-order valence-electron chi connectivity index (χ2n) is 2.62. The van der Waals surface area contributed by atoms with Gasteiger partial charge in [-0.3, -0.25) is 0 Å². The van der Waals surface area contributed by atoms with Crippen molar-refractivity contribution in [2.45, 2.75) is 18.9 Å². The Bertz CT molecular complexity index is 132. The topological polar surface area (TPSA) is 50.4 Å². The Labute approximate surface area is 66.3 Å². The molecule has 0 spiro atoms. The molecule has 1 atom stereocenters. The van der Waals surface area contributed by atoms with Crippen LogP contribution >= 0.6 is 0 Å². The van der Waals surface area contributed by atoms with E-state index in [2.05, 4.69) is 10.6 Å². The van der Waals surface area contributed by atoms with E-state index in [1.165, 1.54) is 0 Å². The van der Waals surface area contributed by atoms with E-state index in [0.29, 0.717) is 0 Å². The third-order valence-electron chi connectivity index (χ3n) is 1.73. The van der Waals surface area contributed by atoms with Crippen LogP contribution in [-0.4, -0.2) is 32.3 Å². The van der Waals surface area contributed by atoms with E-state index in [1.54, 1.807) is 7.05 Å². The first kappa shape index (κ1) is 8.33. The molecule has 1 heterocycles. The van der Waals surface area contributed by atoms with E-state index in [4.69, 9.17) is 4.74 Å². The van der Waals surface area contributed by atoms with Crippen molar-refractivity contribution in [3.05, 3.63) is 0 Å². The smallest absolute Gasteiger partial charge is 0.407 e. The molecule has 1 aliphatic rings. The lowest BCUT2D eigenvalue weighted by atomic mass is 10.1. The highest BCUT2D eigenvalue weighted by Crippen LogP contribution is 2.05. The highest BCUT2D eigenvalue weighted by atomic mass is 16.6. The molecular weight excluding hydrogens is 144 g/mol. The van der Waals surface area contributed by atoms with E-state index >= 15 is 0 Å². The van der Waals surface area contributed by atoms with Gasteiger partial charge in [0.25, 0.3) is 0 Å². The average Bonchev–Trinajstić information content (AvgIpc) is 2.06. The number of hydrogen-bond acceptors (Lipinski definition) is 3. The normalized spacial score (nSPS) is 24.3. The first-order valence-corrected chi connectivity index (χ1v) is 3.92. The van der Waals surface area contributed by atoms with Gasteiger partial charge in [-0.05, 0) is 19.4 Å². The zero-order valence-corrected chi connectivity index (χ0v) is 6.72. The molecule has 0 aromatic carbocycles. The van der Waals surface area contributed by atoms with Crippen molar-refractivity contribution in [3.8, 4) is 0 Å². The van der Waals surface area contributed by atoms with Gasteiger partial charge in [-0.15, -0.1) is 0 Å². The Morgan fingerprint density at radius 3 is 3.09 bits per heavy atom. The molecule has 0 aromatic rings. The largest absolute Gasteiger partial charge is 0.445 e. The van der Waals surface area contributed by atoms with Crippen molar-refractivity contribution >= 4 is 6.09 Å². The van der Waals surface area contributed by atoms with Gasteiger partial charge in [0.2, 0.25) is 0 Å². The minimum atomic E-state index is -0.335. The molecule has 0 aromatic heterocycles. The lowest BCUT2D eigenvalue weighted by Gasteiger charge is -2.22. The van der Waals surface area contributed by atoms with Crippen molar-refractivity contribution in [3.63, 3.8) is 0 Å². The summed E-state index contributed by atoms with van der Waals surface area (Å²) in [5.41, 5.74) is 0. The molecule has 1 fully saturated rings. The zero-order valence-electron chi connectivity index (χ0n) is 6.72. The fourth-order valence-electron chi connectivity index (χ4n) is 1.13. The quantitative estimate of drug-likeness (QED) is 0.569. The number of nitrogens with one attached hydrogen (secondary N) is 2. The first-order chi connectivity index (χ1) is 5.33. The van der Waals surface area contributed by atoms with Crippen molar-refractivity contribution in [2.75, 3.05) is 20.1 Å². The molecule has 11 heavy (non-hydrogen) atoms. The molecular formula is C7H14N2O2. The number of rotatable bonds is 1. The molecule has 4 heteroatoms. The van der Waals surface area contributed by atoms with Crippen LogP contribution in [0.3, 0.4) is 0 Å². The monoisotopic (exact) mass is 158 g/mol. The summed E-state index contributed by atoms with van der Waals surface area (Å²) in [7, 11) is 1.57. The summed E-state index contributed by atoms with van der Waals surface area (Å²) >= 11 is 0. The molecule has 64 valence electrons. The molecule has 1 aliphatic heterocycles. The maximum absolute atomic E-state index is 10.7. The summed E-state index contributed by atoms with van der Waals surface area (Å²) in [5, 5.41) is 5.58. The van der Waals surface area contributed by atoms with Gasteiger partial charge in [0.05, 0.1) is 0 Å². The van der Waals surface area contributed by atoms with Gasteiger partial charge in [0, 0.05) is 13.6 Å². The summed E-state index contributed by atoms with van der Waals surface area (Å²) in [4.78, 5) is 10.7. The molecule has 0 saturated carbocycles. The average molecular weight is 158 g/mol. The number of piperidine rings is 1. The van der Waals surface area contributed by atoms with Gasteiger partial charge in [0.15, 0.2) is 0 Å². The van der Waals surface area contributed by atoms with Crippen LogP contribution in [0.25, 0.3) is 0 Å². The molecule has 1 saturated heterocycles.